The van der Waals surface area contributed by atoms with Gasteiger partial charge < -0.3 is 73.2 Å². The van der Waals surface area contributed by atoms with Gasteiger partial charge in [0, 0.05) is 24.5 Å². The lowest BCUT2D eigenvalue weighted by atomic mass is 10.1. The summed E-state index contributed by atoms with van der Waals surface area (Å²) in [6.45, 7) is -1.69. The van der Waals surface area contributed by atoms with Gasteiger partial charge in [0.15, 0.2) is 12.5 Å². The predicted octanol–water partition coefficient (Wildman–Crippen LogP) is -4.11. The number of nitrogens with one attached hydrogen (secondary N) is 2. The molecule has 276 valence electrons. The number of aliphatic hydroxyl groups is 4. The molecule has 0 radical (unpaired) electrons. The third-order valence-corrected chi connectivity index (χ3v) is 15.7. The number of aromatic amines is 2. The summed E-state index contributed by atoms with van der Waals surface area (Å²) in [4.78, 5) is 75.1. The molecule has 6 N–H and O–H groups in total. The van der Waals surface area contributed by atoms with Crippen molar-refractivity contribution in [1.82, 2.24) is 19.1 Å². The van der Waals surface area contributed by atoms with Crippen molar-refractivity contribution < 1.29 is 70.8 Å². The molecule has 0 saturated carbocycles. The Hall–Kier alpha value is -0.700. The highest BCUT2D eigenvalue weighted by Gasteiger charge is 2.45. The van der Waals surface area contributed by atoms with E-state index in [1.54, 1.807) is 0 Å². The first kappa shape index (κ1) is 41.1. The summed E-state index contributed by atoms with van der Waals surface area (Å²) >= 11 is 19.1. The van der Waals surface area contributed by atoms with E-state index in [1.165, 1.54) is 0 Å². The zero-order valence-electron chi connectivity index (χ0n) is 23.6. The van der Waals surface area contributed by atoms with E-state index in [-0.39, 0.29) is 0 Å². The summed E-state index contributed by atoms with van der Waals surface area (Å²) in [6, 6.07) is 1.86. The molecule has 0 aromatic carbocycles. The molecule has 12 atom stereocenters. The van der Waals surface area contributed by atoms with Gasteiger partial charge in [-0.05, 0) is 0 Å². The topological polar surface area (TPSA) is 336 Å². The lowest BCUT2D eigenvalue weighted by molar-refractivity contribution is -0.234. The van der Waals surface area contributed by atoms with Crippen molar-refractivity contribution in [3.63, 3.8) is 0 Å². The molecule has 2 aromatic rings. The maximum Gasteiger partial charge on any atom is 0.330 e. The number of hydrogen-bond donors (Lipinski definition) is 6. The first-order chi connectivity index (χ1) is 22.5. The van der Waals surface area contributed by atoms with Crippen LogP contribution in [-0.2, 0) is 88.7 Å². The van der Waals surface area contributed by atoms with Crippen molar-refractivity contribution in [3.8, 4) is 0 Å². The van der Waals surface area contributed by atoms with Gasteiger partial charge in [0.1, 0.15) is 36.6 Å². The second-order valence-electron chi connectivity index (χ2n) is 9.75. The van der Waals surface area contributed by atoms with Gasteiger partial charge in [-0.3, -0.25) is 46.4 Å². The fourth-order valence-electron chi connectivity index (χ4n) is 4.22. The molecule has 2 aromatic heterocycles. The molecule has 0 amide bonds. The third kappa shape index (κ3) is 10.7. The molecule has 6 unspecified atom stereocenters. The summed E-state index contributed by atoms with van der Waals surface area (Å²) in [5.74, 6) is 0. The van der Waals surface area contributed by atoms with Crippen LogP contribution in [-0.4, -0.2) is 89.4 Å². The van der Waals surface area contributed by atoms with Crippen LogP contribution in [0.15, 0.2) is 43.7 Å². The van der Waals surface area contributed by atoms with Crippen LogP contribution in [0.5, 0.6) is 0 Å². The number of hydrogen-bond acceptors (Lipinski definition) is 23. The summed E-state index contributed by atoms with van der Waals surface area (Å²) < 4.78 is 59.7. The Kier molecular flexibility index (Phi) is 13.2. The van der Waals surface area contributed by atoms with Crippen LogP contribution in [0.25, 0.3) is 0 Å². The second kappa shape index (κ2) is 15.7. The van der Waals surface area contributed by atoms with E-state index in [0.717, 1.165) is 33.7 Å². The zero-order chi connectivity index (χ0) is 36.7. The van der Waals surface area contributed by atoms with Crippen molar-refractivity contribution in [2.45, 2.75) is 49.1 Å². The smallest absolute Gasteiger partial charge is 0.330 e. The van der Waals surface area contributed by atoms with Gasteiger partial charge >= 0.3 is 11.4 Å². The Labute approximate surface area is 292 Å². The van der Waals surface area contributed by atoms with Gasteiger partial charge in [-0.1, -0.05) is 23.6 Å². The molecule has 0 spiro atoms. The van der Waals surface area contributed by atoms with E-state index in [0.29, 0.717) is 0 Å². The number of ether oxygens (including phenoxy) is 2. The standard InChI is InChI=1S/C18H26N4O19P4S4/c23-9-1-3-21(17(29)19-9)15-13(27)11(25)7(37-15)5-35-44(46,47)40-42(31,32)39-43(33,34)41-45(48,49)36-6-8-12(26)14(28)16(38-8)22-4-2-10(24)20-18(22)30/h1-4,7-8,11-16,25-28H,5-6H2,(H,31,32)(H,33,34)(H,46,47)(H,48,49)(H,19,23,29)(H,20,24,30)/p-4/t7-,8-,11+,12?,13?,14+,15-,16-/m1/s1. The van der Waals surface area contributed by atoms with Gasteiger partial charge in [-0.25, -0.2) is 13.9 Å². The highest BCUT2D eigenvalue weighted by Crippen LogP contribution is 2.69. The maximum atomic E-state index is 12.4. The first-order valence-electron chi connectivity index (χ1n) is 12.8. The number of nitrogens with zero attached hydrogens (tertiary/aromatic N) is 2. The van der Waals surface area contributed by atoms with Crippen molar-refractivity contribution in [1.29, 1.82) is 0 Å². The van der Waals surface area contributed by atoms with Crippen LogP contribution in [0.3, 0.4) is 0 Å². The predicted molar refractivity (Wildman–Crippen MR) is 168 cm³/mol. The van der Waals surface area contributed by atoms with E-state index in [2.05, 4.69) is 12.9 Å². The average molecular weight is 851 g/mol. The van der Waals surface area contributed by atoms with E-state index in [4.69, 9.17) is 66.6 Å². The molecule has 31 heteroatoms. The molecular formula is C18H22N4O19P4S4-4. The molecule has 2 aliphatic heterocycles. The molecule has 49 heavy (non-hydrogen) atoms. The number of phosphoric acid groups is 2. The molecule has 2 saturated heterocycles. The number of H-pyrrole nitrogens is 2. The quantitative estimate of drug-likeness (QED) is 0.0777. The molecule has 2 aliphatic rings. The molecule has 4 rings (SSSR count). The van der Waals surface area contributed by atoms with Crippen LogP contribution in [0, 0.1) is 0 Å². The van der Waals surface area contributed by atoms with E-state index in [9.17, 15) is 58.5 Å². The minimum absolute atomic E-state index is 0.742. The largest absolute Gasteiger partial charge is 0.756 e. The first-order valence-corrected chi connectivity index (χ1v) is 23.1. The summed E-state index contributed by atoms with van der Waals surface area (Å²) in [5, 5.41) is 41.1. The molecule has 4 heterocycles. The summed E-state index contributed by atoms with van der Waals surface area (Å²) in [6.07, 6.45) is -11.1. The highest BCUT2D eigenvalue weighted by atomic mass is 32.9. The normalized spacial score (nSPS) is 32.2. The van der Waals surface area contributed by atoms with Gasteiger partial charge in [-0.15, -0.1) is 0 Å². The van der Waals surface area contributed by atoms with E-state index in [1.807, 2.05) is 9.97 Å². The summed E-state index contributed by atoms with van der Waals surface area (Å²) in [7, 11) is -12.1. The van der Waals surface area contributed by atoms with Crippen molar-refractivity contribution in [2.75, 3.05) is 13.2 Å². The minimum Gasteiger partial charge on any atom is -0.756 e. The molecule has 0 bridgehead atoms. The van der Waals surface area contributed by atoms with E-state index < -0.39 is 112 Å². The Morgan fingerprint density at radius 3 is 1.39 bits per heavy atom. The number of aliphatic hydroxyl groups excluding tert-OH is 4. The molecule has 0 aliphatic carbocycles. The van der Waals surface area contributed by atoms with E-state index >= 15 is 0 Å². The van der Waals surface area contributed by atoms with Crippen LogP contribution in [0.4, 0.5) is 0 Å². The van der Waals surface area contributed by atoms with Crippen LogP contribution in [0.1, 0.15) is 12.5 Å². The van der Waals surface area contributed by atoms with Crippen molar-refractivity contribution in [2.24, 2.45) is 0 Å². The Bertz CT molecular complexity index is 1840. The number of rotatable bonds is 14. The number of aromatic nitrogens is 4. The second-order valence-corrected chi connectivity index (χ2v) is 23.0. The Balaban J connectivity index is 1.31. The Morgan fingerprint density at radius 2 is 1.06 bits per heavy atom. The fraction of sp³-hybridized carbons (Fsp3) is 0.556. The molecular weight excluding hydrogens is 828 g/mol. The molecule has 2 fully saturated rings. The highest BCUT2D eigenvalue weighted by molar-refractivity contribution is 8.52. The van der Waals surface area contributed by atoms with Crippen LogP contribution >= 0.6 is 27.0 Å². The SMILES string of the molecule is O=c1ccn([C@@H]2O[C@H](COP(=S)([S-])OP(=O)([O-])OP(=O)([O-])OP(=S)([S-])OC[C@H]3O[C@@H](n4ccc(=O)[nH]c4=O)[C@@H](O)C3O)[C@H](O)C2O)c(=O)[nH]1. The zero-order valence-corrected chi connectivity index (χ0v) is 30.4. The lowest BCUT2D eigenvalue weighted by Gasteiger charge is -2.40. The summed E-state index contributed by atoms with van der Waals surface area (Å²) in [5.41, 5.74) is -12.3. The van der Waals surface area contributed by atoms with Gasteiger partial charge in [-0.2, -0.15) is 0 Å². The minimum atomic E-state index is -6.04. The van der Waals surface area contributed by atoms with Gasteiger partial charge in [0.2, 0.25) is 0 Å². The van der Waals surface area contributed by atoms with Crippen LogP contribution in [0.2, 0.25) is 0 Å². The Morgan fingerprint density at radius 1 is 0.714 bits per heavy atom. The van der Waals surface area contributed by atoms with Crippen LogP contribution < -0.4 is 32.3 Å². The van der Waals surface area contributed by atoms with Crippen molar-refractivity contribution in [3.05, 3.63) is 66.2 Å². The average Bonchev–Trinajstić information content (AvgIpc) is 3.38. The van der Waals surface area contributed by atoms with Gasteiger partial charge in [0.25, 0.3) is 26.8 Å². The molecule has 23 nitrogen and oxygen atoms in total. The maximum absolute atomic E-state index is 12.4. The van der Waals surface area contributed by atoms with Gasteiger partial charge in [0.05, 0.1) is 24.6 Å². The third-order valence-electron chi connectivity index (χ3n) is 6.32. The lowest BCUT2D eigenvalue weighted by Crippen LogP contribution is -2.37. The van der Waals surface area contributed by atoms with Crippen molar-refractivity contribution >= 4 is 75.1 Å². The monoisotopic (exact) mass is 850 g/mol. The fourth-order valence-corrected chi connectivity index (χ4v) is 12.6.